The second-order valence-electron chi connectivity index (χ2n) is 7.42. The minimum atomic E-state index is -0.0823. The molecule has 0 fully saturated rings. The molecule has 0 aliphatic rings. The number of aryl methyl sites for hydroxylation is 1. The smallest absolute Gasteiger partial charge is 0.237 e. The van der Waals surface area contributed by atoms with Gasteiger partial charge in [0.15, 0.2) is 11.0 Å². The van der Waals surface area contributed by atoms with Crippen molar-refractivity contribution in [3.63, 3.8) is 0 Å². The lowest BCUT2D eigenvalue weighted by Crippen LogP contribution is -2.33. The Morgan fingerprint density at radius 2 is 1.73 bits per heavy atom. The number of nitrogens with zero attached hydrogens (tertiary/aromatic N) is 5. The molecule has 4 rings (SSSR count). The van der Waals surface area contributed by atoms with Gasteiger partial charge < -0.3 is 4.90 Å². The molecule has 1 amide bonds. The zero-order valence-corrected chi connectivity index (χ0v) is 19.1. The second kappa shape index (κ2) is 10.6. The Labute approximate surface area is 197 Å². The first-order chi connectivity index (χ1) is 16.2. The third-order valence-electron chi connectivity index (χ3n) is 5.06. The molecule has 0 N–H and O–H groups in total. The van der Waals surface area contributed by atoms with Crippen molar-refractivity contribution < 1.29 is 4.79 Å². The van der Waals surface area contributed by atoms with E-state index in [0.717, 1.165) is 28.3 Å². The summed E-state index contributed by atoms with van der Waals surface area (Å²) < 4.78 is 1.98. The van der Waals surface area contributed by atoms with Crippen LogP contribution in [0.4, 0.5) is 5.69 Å². The van der Waals surface area contributed by atoms with E-state index in [1.807, 2.05) is 90.4 Å². The van der Waals surface area contributed by atoms with Crippen LogP contribution < -0.4 is 4.90 Å². The van der Waals surface area contributed by atoms with Gasteiger partial charge in [0.2, 0.25) is 5.91 Å². The molecular formula is C26H23N5OS. The molecule has 33 heavy (non-hydrogen) atoms. The normalized spacial score (nSPS) is 10.5. The molecule has 0 aliphatic heterocycles. The van der Waals surface area contributed by atoms with E-state index in [1.165, 1.54) is 11.8 Å². The molecule has 164 valence electrons. The number of rotatable bonds is 8. The maximum absolute atomic E-state index is 13.1. The topological polar surface area (TPSA) is 74.8 Å². The van der Waals surface area contributed by atoms with Crippen LogP contribution in [-0.2, 0) is 4.79 Å². The maximum Gasteiger partial charge on any atom is 0.237 e. The Balaban J connectivity index is 1.63. The number of carbonyl (C=O) groups excluding carboxylic acids is 1. The summed E-state index contributed by atoms with van der Waals surface area (Å²) in [5.41, 5.74) is 3.81. The third-order valence-corrected chi connectivity index (χ3v) is 5.98. The third kappa shape index (κ3) is 5.30. The highest BCUT2D eigenvalue weighted by atomic mass is 32.2. The Kier molecular flexibility index (Phi) is 7.18. The predicted octanol–water partition coefficient (Wildman–Crippen LogP) is 5.28. The summed E-state index contributed by atoms with van der Waals surface area (Å²) in [6.07, 6.45) is 0.267. The average molecular weight is 454 g/mol. The van der Waals surface area contributed by atoms with E-state index in [2.05, 4.69) is 22.3 Å². The zero-order valence-electron chi connectivity index (χ0n) is 18.3. The number of hydrogen-bond donors (Lipinski definition) is 0. The molecule has 0 saturated heterocycles. The summed E-state index contributed by atoms with van der Waals surface area (Å²) in [6.45, 7) is 2.39. The monoisotopic (exact) mass is 453 g/mol. The first kappa shape index (κ1) is 22.3. The van der Waals surface area contributed by atoms with Gasteiger partial charge >= 0.3 is 0 Å². The molecular weight excluding hydrogens is 430 g/mol. The van der Waals surface area contributed by atoms with Crippen molar-refractivity contribution in [2.24, 2.45) is 0 Å². The largest absolute Gasteiger partial charge is 0.311 e. The molecule has 0 spiro atoms. The summed E-state index contributed by atoms with van der Waals surface area (Å²) in [4.78, 5) is 14.8. The van der Waals surface area contributed by atoms with Gasteiger partial charge in [0.1, 0.15) is 0 Å². The molecule has 0 aliphatic carbocycles. The second-order valence-corrected chi connectivity index (χ2v) is 8.37. The van der Waals surface area contributed by atoms with Crippen LogP contribution in [0.2, 0.25) is 0 Å². The summed E-state index contributed by atoms with van der Waals surface area (Å²) >= 11 is 1.34. The van der Waals surface area contributed by atoms with Gasteiger partial charge in [-0.25, -0.2) is 0 Å². The first-order valence-corrected chi connectivity index (χ1v) is 11.6. The van der Waals surface area contributed by atoms with E-state index in [-0.39, 0.29) is 18.1 Å². The van der Waals surface area contributed by atoms with Crippen LogP contribution in [0.25, 0.3) is 17.1 Å². The van der Waals surface area contributed by atoms with Gasteiger partial charge in [-0.2, -0.15) is 5.26 Å². The van der Waals surface area contributed by atoms with Crippen LogP contribution in [0.1, 0.15) is 12.0 Å². The lowest BCUT2D eigenvalue weighted by molar-refractivity contribution is -0.116. The highest BCUT2D eigenvalue weighted by Crippen LogP contribution is 2.29. The molecule has 0 bridgehead atoms. The number of anilines is 1. The highest BCUT2D eigenvalue weighted by Gasteiger charge is 2.20. The van der Waals surface area contributed by atoms with E-state index >= 15 is 0 Å². The van der Waals surface area contributed by atoms with Crippen molar-refractivity contribution in [3.05, 3.63) is 90.5 Å². The quantitative estimate of drug-likeness (QED) is 0.339. The lowest BCUT2D eigenvalue weighted by atomic mass is 10.1. The van der Waals surface area contributed by atoms with Crippen LogP contribution >= 0.6 is 11.8 Å². The molecule has 0 saturated carbocycles. The van der Waals surface area contributed by atoms with Gasteiger partial charge in [-0.3, -0.25) is 9.36 Å². The highest BCUT2D eigenvalue weighted by molar-refractivity contribution is 7.99. The molecule has 0 radical (unpaired) electrons. The van der Waals surface area contributed by atoms with Gasteiger partial charge in [-0.05, 0) is 37.3 Å². The molecule has 7 heteroatoms. The molecule has 3 aromatic carbocycles. The van der Waals surface area contributed by atoms with Crippen molar-refractivity contribution in [1.29, 1.82) is 5.26 Å². The van der Waals surface area contributed by atoms with E-state index in [9.17, 15) is 4.79 Å². The Morgan fingerprint density at radius 3 is 2.42 bits per heavy atom. The molecule has 6 nitrogen and oxygen atoms in total. The van der Waals surface area contributed by atoms with Crippen LogP contribution in [0.3, 0.4) is 0 Å². The van der Waals surface area contributed by atoms with Gasteiger partial charge in [0.05, 0.1) is 18.2 Å². The molecule has 0 atom stereocenters. The fraction of sp³-hybridized carbons (Fsp3) is 0.154. The summed E-state index contributed by atoms with van der Waals surface area (Å²) in [7, 11) is 0. The standard InChI is InChI=1S/C26H23N5OS/c1-20-10-8-11-21(18-20)25-28-29-26(31(25)23-14-6-3-7-15-23)33-19-24(32)30(17-9-16-27)22-12-4-2-5-13-22/h2-8,10-15,18H,9,17,19H2,1H3. The zero-order chi connectivity index (χ0) is 23.0. The van der Waals surface area contributed by atoms with E-state index < -0.39 is 0 Å². The van der Waals surface area contributed by atoms with Crippen LogP contribution in [-0.4, -0.2) is 33.0 Å². The van der Waals surface area contributed by atoms with Crippen LogP contribution in [0, 0.1) is 18.3 Å². The number of amides is 1. The average Bonchev–Trinajstić information content (AvgIpc) is 3.28. The predicted molar refractivity (Wildman–Crippen MR) is 131 cm³/mol. The molecule has 4 aromatic rings. The van der Waals surface area contributed by atoms with Crippen molar-refractivity contribution in [3.8, 4) is 23.1 Å². The number of para-hydroxylation sites is 2. The van der Waals surface area contributed by atoms with Gasteiger partial charge in [-0.1, -0.05) is 71.9 Å². The van der Waals surface area contributed by atoms with Crippen LogP contribution in [0.15, 0.2) is 90.1 Å². The summed E-state index contributed by atoms with van der Waals surface area (Å²) in [5.74, 6) is 0.824. The number of benzene rings is 3. The molecule has 1 aromatic heterocycles. The number of nitriles is 1. The first-order valence-electron chi connectivity index (χ1n) is 10.6. The Morgan fingerprint density at radius 1 is 1.00 bits per heavy atom. The van der Waals surface area contributed by atoms with Gasteiger partial charge in [-0.15, -0.1) is 10.2 Å². The van der Waals surface area contributed by atoms with E-state index in [1.54, 1.807) is 4.90 Å². The minimum absolute atomic E-state index is 0.0823. The summed E-state index contributed by atoms with van der Waals surface area (Å²) in [6, 6.07) is 29.6. The number of thioether (sulfide) groups is 1. The lowest BCUT2D eigenvalue weighted by Gasteiger charge is -2.21. The number of aromatic nitrogens is 3. The number of carbonyl (C=O) groups is 1. The maximum atomic E-state index is 13.1. The summed E-state index contributed by atoms with van der Waals surface area (Å²) in [5, 5.41) is 18.5. The fourth-order valence-electron chi connectivity index (χ4n) is 3.52. The van der Waals surface area contributed by atoms with Crippen LogP contribution in [0.5, 0.6) is 0 Å². The van der Waals surface area contributed by atoms with E-state index in [4.69, 9.17) is 5.26 Å². The number of hydrogen-bond acceptors (Lipinski definition) is 5. The van der Waals surface area contributed by atoms with Crippen molar-refractivity contribution >= 4 is 23.4 Å². The Hall–Kier alpha value is -3.89. The van der Waals surface area contributed by atoms with Gasteiger partial charge in [0, 0.05) is 23.5 Å². The van der Waals surface area contributed by atoms with Crippen molar-refractivity contribution in [1.82, 2.24) is 14.8 Å². The van der Waals surface area contributed by atoms with Crippen molar-refractivity contribution in [2.75, 3.05) is 17.2 Å². The molecule has 1 heterocycles. The van der Waals surface area contributed by atoms with Gasteiger partial charge in [0.25, 0.3) is 0 Å². The SMILES string of the molecule is Cc1cccc(-c2nnc(SCC(=O)N(CCC#N)c3ccccc3)n2-c2ccccc2)c1. The Bertz CT molecular complexity index is 1260. The molecule has 0 unspecified atom stereocenters. The minimum Gasteiger partial charge on any atom is -0.311 e. The van der Waals surface area contributed by atoms with Crippen molar-refractivity contribution in [2.45, 2.75) is 18.5 Å². The van der Waals surface area contributed by atoms with E-state index in [0.29, 0.717) is 11.7 Å². The fourth-order valence-corrected chi connectivity index (χ4v) is 4.34.